The van der Waals surface area contributed by atoms with E-state index < -0.39 is 0 Å². The highest BCUT2D eigenvalue weighted by Gasteiger charge is 2.40. The Morgan fingerprint density at radius 3 is 2.72 bits per heavy atom. The van der Waals surface area contributed by atoms with Crippen molar-refractivity contribution >= 4 is 17.3 Å². The van der Waals surface area contributed by atoms with Gasteiger partial charge in [0.2, 0.25) is 0 Å². The fourth-order valence-corrected chi connectivity index (χ4v) is 4.22. The summed E-state index contributed by atoms with van der Waals surface area (Å²) in [6.07, 6.45) is 8.64. The molecule has 3 aromatic heterocycles. The van der Waals surface area contributed by atoms with Crippen LogP contribution in [0.5, 0.6) is 0 Å². The highest BCUT2D eigenvalue weighted by molar-refractivity contribution is 7.80. The zero-order valence-corrected chi connectivity index (χ0v) is 17.6. The molecular formula is C22H26N6S. The molecule has 1 aliphatic heterocycles. The quantitative estimate of drug-likeness (QED) is 0.608. The van der Waals surface area contributed by atoms with E-state index in [1.54, 1.807) is 6.20 Å². The van der Waals surface area contributed by atoms with E-state index in [4.69, 9.17) is 12.2 Å². The van der Waals surface area contributed by atoms with Crippen molar-refractivity contribution in [2.45, 2.75) is 18.5 Å². The van der Waals surface area contributed by atoms with E-state index >= 15 is 0 Å². The molecule has 2 atom stereocenters. The van der Waals surface area contributed by atoms with E-state index in [0.29, 0.717) is 0 Å². The minimum Gasteiger partial charge on any atom is -0.352 e. The third kappa shape index (κ3) is 4.16. The summed E-state index contributed by atoms with van der Waals surface area (Å²) in [6.45, 7) is 1.90. The lowest BCUT2D eigenvalue weighted by Crippen LogP contribution is -2.33. The lowest BCUT2D eigenvalue weighted by molar-refractivity contribution is 0.286. The number of hydrogen-bond donors (Lipinski definition) is 1. The maximum atomic E-state index is 5.76. The summed E-state index contributed by atoms with van der Waals surface area (Å²) in [4.78, 5) is 13.4. The lowest BCUT2D eigenvalue weighted by Gasteiger charge is -2.29. The Balaban J connectivity index is 1.72. The van der Waals surface area contributed by atoms with Crippen molar-refractivity contribution in [1.82, 2.24) is 29.7 Å². The Labute approximate surface area is 177 Å². The van der Waals surface area contributed by atoms with Crippen LogP contribution >= 0.6 is 12.2 Å². The molecule has 150 valence electrons. The van der Waals surface area contributed by atoms with Gasteiger partial charge < -0.3 is 19.7 Å². The maximum Gasteiger partial charge on any atom is 0.170 e. The average Bonchev–Trinajstić information content (AvgIpc) is 3.34. The molecule has 6 nitrogen and oxygen atoms in total. The molecule has 0 aromatic carbocycles. The van der Waals surface area contributed by atoms with Gasteiger partial charge in [0, 0.05) is 30.8 Å². The number of rotatable bonds is 7. The van der Waals surface area contributed by atoms with Crippen LogP contribution in [0.3, 0.4) is 0 Å². The van der Waals surface area contributed by atoms with Crippen molar-refractivity contribution in [2.24, 2.45) is 0 Å². The monoisotopic (exact) mass is 406 g/mol. The molecule has 1 N–H and O–H groups in total. The summed E-state index contributed by atoms with van der Waals surface area (Å²) >= 11 is 5.76. The predicted molar refractivity (Wildman–Crippen MR) is 119 cm³/mol. The Bertz CT molecular complexity index is 940. The van der Waals surface area contributed by atoms with Crippen molar-refractivity contribution in [2.75, 3.05) is 27.2 Å². The molecule has 0 radical (unpaired) electrons. The van der Waals surface area contributed by atoms with Crippen LogP contribution in [-0.4, -0.2) is 56.6 Å². The third-order valence-corrected chi connectivity index (χ3v) is 5.56. The van der Waals surface area contributed by atoms with E-state index in [9.17, 15) is 0 Å². The topological polar surface area (TPSA) is 49.2 Å². The normalized spacial score (nSPS) is 19.0. The molecule has 0 spiro atoms. The van der Waals surface area contributed by atoms with Crippen LogP contribution in [0.25, 0.3) is 5.69 Å². The molecule has 3 aromatic rings. The van der Waals surface area contributed by atoms with Gasteiger partial charge in [0.1, 0.15) is 0 Å². The molecule has 29 heavy (non-hydrogen) atoms. The van der Waals surface area contributed by atoms with Gasteiger partial charge in [-0.3, -0.25) is 9.97 Å². The van der Waals surface area contributed by atoms with Crippen molar-refractivity contribution in [3.63, 3.8) is 0 Å². The van der Waals surface area contributed by atoms with Crippen LogP contribution < -0.4 is 5.32 Å². The molecular weight excluding hydrogens is 380 g/mol. The lowest BCUT2D eigenvalue weighted by atomic mass is 10.0. The van der Waals surface area contributed by atoms with Gasteiger partial charge in [-0.05, 0) is 75.7 Å². The zero-order valence-electron chi connectivity index (χ0n) is 16.8. The highest BCUT2D eigenvalue weighted by atomic mass is 32.1. The number of nitrogens with one attached hydrogen (secondary N) is 1. The second-order valence-corrected chi connectivity index (χ2v) is 7.88. The Morgan fingerprint density at radius 1 is 1.10 bits per heavy atom. The van der Waals surface area contributed by atoms with Crippen LogP contribution in [0.4, 0.5) is 0 Å². The second-order valence-electron chi connectivity index (χ2n) is 7.49. The van der Waals surface area contributed by atoms with E-state index in [0.717, 1.165) is 36.0 Å². The largest absolute Gasteiger partial charge is 0.352 e. The van der Waals surface area contributed by atoms with Gasteiger partial charge in [-0.2, -0.15) is 0 Å². The van der Waals surface area contributed by atoms with Crippen molar-refractivity contribution < 1.29 is 0 Å². The van der Waals surface area contributed by atoms with E-state index in [1.165, 1.54) is 5.69 Å². The van der Waals surface area contributed by atoms with Gasteiger partial charge in [-0.25, -0.2) is 0 Å². The zero-order chi connectivity index (χ0) is 20.2. The average molecular weight is 407 g/mol. The molecule has 0 unspecified atom stereocenters. The van der Waals surface area contributed by atoms with Crippen LogP contribution in [0.15, 0.2) is 67.3 Å². The van der Waals surface area contributed by atoms with Crippen molar-refractivity contribution in [3.8, 4) is 5.69 Å². The molecule has 0 bridgehead atoms. The summed E-state index contributed by atoms with van der Waals surface area (Å²) in [5.74, 6) is 0. The second kappa shape index (κ2) is 8.71. The summed E-state index contributed by atoms with van der Waals surface area (Å²) in [7, 11) is 4.20. The van der Waals surface area contributed by atoms with E-state index in [1.807, 2.05) is 30.6 Å². The van der Waals surface area contributed by atoms with Gasteiger partial charge in [-0.1, -0.05) is 6.07 Å². The first-order chi connectivity index (χ1) is 14.1. The summed E-state index contributed by atoms with van der Waals surface area (Å²) in [5, 5.41) is 4.31. The molecule has 0 saturated carbocycles. The van der Waals surface area contributed by atoms with Crippen LogP contribution in [0.1, 0.15) is 29.9 Å². The molecule has 1 fully saturated rings. The number of thiocarbonyl (C=S) groups is 1. The summed E-state index contributed by atoms with van der Waals surface area (Å²) in [5.41, 5.74) is 3.21. The first kappa shape index (κ1) is 19.5. The smallest absolute Gasteiger partial charge is 0.170 e. The van der Waals surface area contributed by atoms with Gasteiger partial charge in [0.15, 0.2) is 5.11 Å². The SMILES string of the molecule is CN(C)CCCN1C(=S)N[C@H](c2ccccn2)[C@H]1c1cccn1-c1cccnc1. The molecule has 7 heteroatoms. The van der Waals surface area contributed by atoms with Gasteiger partial charge in [0.05, 0.1) is 29.7 Å². The van der Waals surface area contributed by atoms with Gasteiger partial charge in [0.25, 0.3) is 0 Å². The fourth-order valence-electron chi connectivity index (χ4n) is 3.89. The summed E-state index contributed by atoms with van der Waals surface area (Å²) < 4.78 is 2.20. The number of hydrogen-bond acceptors (Lipinski definition) is 4. The summed E-state index contributed by atoms with van der Waals surface area (Å²) in [6, 6.07) is 14.4. The Morgan fingerprint density at radius 2 is 2.00 bits per heavy atom. The number of pyridine rings is 2. The number of aromatic nitrogens is 3. The predicted octanol–water partition coefficient (Wildman–Crippen LogP) is 3.19. The standard InChI is InChI=1S/C22H26N6S/c1-26(2)13-7-15-28-21(20(25-22(28)29)18-9-3-4-12-24-18)19-10-6-14-27(19)17-8-5-11-23-16-17/h3-6,8-12,14,16,20-21H,7,13,15H2,1-2H3,(H,25,29)/t20-,21-/m1/s1. The molecule has 4 heterocycles. The molecule has 1 aliphatic rings. The van der Waals surface area contributed by atoms with Gasteiger partial charge in [-0.15, -0.1) is 0 Å². The number of nitrogens with zero attached hydrogens (tertiary/aromatic N) is 5. The third-order valence-electron chi connectivity index (χ3n) is 5.21. The van der Waals surface area contributed by atoms with Gasteiger partial charge >= 0.3 is 0 Å². The van der Waals surface area contributed by atoms with Crippen molar-refractivity contribution in [1.29, 1.82) is 0 Å². The minimum atomic E-state index is -0.00613. The first-order valence-electron chi connectivity index (χ1n) is 9.85. The van der Waals surface area contributed by atoms with E-state index in [2.05, 4.69) is 74.2 Å². The molecule has 1 saturated heterocycles. The highest BCUT2D eigenvalue weighted by Crippen LogP contribution is 2.39. The van der Waals surface area contributed by atoms with Crippen LogP contribution in [0.2, 0.25) is 0 Å². The molecule has 0 aliphatic carbocycles. The first-order valence-corrected chi connectivity index (χ1v) is 10.3. The molecule has 4 rings (SSSR count). The Hall–Kier alpha value is -2.77. The van der Waals surface area contributed by atoms with Crippen LogP contribution in [-0.2, 0) is 0 Å². The fraction of sp³-hybridized carbons (Fsp3) is 0.318. The van der Waals surface area contributed by atoms with Crippen molar-refractivity contribution in [3.05, 3.63) is 78.6 Å². The Kier molecular flexibility index (Phi) is 5.87. The maximum absolute atomic E-state index is 5.76. The molecule has 0 amide bonds. The van der Waals surface area contributed by atoms with E-state index in [-0.39, 0.29) is 12.1 Å². The minimum absolute atomic E-state index is 0.00613. The van der Waals surface area contributed by atoms with Crippen LogP contribution in [0, 0.1) is 0 Å².